The molecule has 6 heteroatoms. The van der Waals surface area contributed by atoms with Crippen LogP contribution < -0.4 is 15.2 Å². The summed E-state index contributed by atoms with van der Waals surface area (Å²) >= 11 is 5.89. The molecule has 88 valence electrons. The Morgan fingerprint density at radius 1 is 1.38 bits per heavy atom. The van der Waals surface area contributed by atoms with Crippen LogP contribution in [0.3, 0.4) is 0 Å². The van der Waals surface area contributed by atoms with Gasteiger partial charge in [-0.05, 0) is 17.7 Å². The van der Waals surface area contributed by atoms with Crippen LogP contribution in [-0.4, -0.2) is 19.8 Å². The van der Waals surface area contributed by atoms with Gasteiger partial charge in [-0.25, -0.2) is 8.78 Å². The first kappa shape index (κ1) is 11.4. The van der Waals surface area contributed by atoms with Crippen LogP contribution >= 0.6 is 11.6 Å². The molecule has 16 heavy (non-hydrogen) atoms. The van der Waals surface area contributed by atoms with Gasteiger partial charge in [0, 0.05) is 6.54 Å². The quantitative estimate of drug-likeness (QED) is 0.895. The summed E-state index contributed by atoms with van der Waals surface area (Å²) in [6.45, 7) is -0.0892. The van der Waals surface area contributed by atoms with E-state index in [1.165, 1.54) is 12.1 Å². The zero-order valence-corrected chi connectivity index (χ0v) is 9.01. The maximum absolute atomic E-state index is 12.7. The molecule has 0 aromatic heterocycles. The first-order valence-corrected chi connectivity index (χ1v) is 5.08. The number of rotatable bonds is 3. The molecule has 2 rings (SSSR count). The number of fused-ring (bicyclic) bond motifs is 1. The van der Waals surface area contributed by atoms with Crippen LogP contribution in [0.5, 0.6) is 11.5 Å². The van der Waals surface area contributed by atoms with Crippen molar-refractivity contribution in [3.05, 3.63) is 22.7 Å². The van der Waals surface area contributed by atoms with Crippen molar-refractivity contribution in [3.63, 3.8) is 0 Å². The van der Waals surface area contributed by atoms with E-state index in [1.54, 1.807) is 0 Å². The lowest BCUT2D eigenvalue weighted by Gasteiger charge is -2.15. The van der Waals surface area contributed by atoms with Crippen molar-refractivity contribution in [2.24, 2.45) is 5.73 Å². The highest BCUT2D eigenvalue weighted by Crippen LogP contribution is 2.41. The molecule has 3 nitrogen and oxygen atoms in total. The van der Waals surface area contributed by atoms with E-state index in [0.717, 1.165) is 0 Å². The lowest BCUT2D eigenvalue weighted by molar-refractivity contribution is 0.117. The number of hydrogen-bond donors (Lipinski definition) is 1. The van der Waals surface area contributed by atoms with Crippen molar-refractivity contribution in [3.8, 4) is 11.5 Å². The van der Waals surface area contributed by atoms with Gasteiger partial charge >= 0.3 is 0 Å². The number of hydrogen-bond acceptors (Lipinski definition) is 3. The third-order valence-electron chi connectivity index (χ3n) is 2.44. The Kier molecular flexibility index (Phi) is 3.16. The largest absolute Gasteiger partial charge is 0.454 e. The molecule has 1 atom stereocenters. The van der Waals surface area contributed by atoms with Gasteiger partial charge in [0.15, 0.2) is 11.5 Å². The number of nitrogens with two attached hydrogens (primary N) is 1. The van der Waals surface area contributed by atoms with Gasteiger partial charge in [0.2, 0.25) is 13.2 Å². The predicted octanol–water partition coefficient (Wildman–Crippen LogP) is 2.38. The molecule has 0 saturated carbocycles. The minimum absolute atomic E-state index is 0.0560. The molecule has 0 fully saturated rings. The van der Waals surface area contributed by atoms with E-state index in [2.05, 4.69) is 0 Å². The summed E-state index contributed by atoms with van der Waals surface area (Å²) < 4.78 is 35.5. The topological polar surface area (TPSA) is 44.5 Å². The zero-order valence-electron chi connectivity index (χ0n) is 8.25. The molecule has 0 saturated heterocycles. The monoisotopic (exact) mass is 249 g/mol. The summed E-state index contributed by atoms with van der Waals surface area (Å²) in [7, 11) is 0. The Morgan fingerprint density at radius 2 is 2.12 bits per heavy atom. The van der Waals surface area contributed by atoms with E-state index >= 15 is 0 Å². The lowest BCUT2D eigenvalue weighted by atomic mass is 9.99. The molecule has 0 radical (unpaired) electrons. The van der Waals surface area contributed by atoms with E-state index in [9.17, 15) is 8.78 Å². The Balaban J connectivity index is 2.39. The molecule has 1 heterocycles. The molecule has 1 aliphatic rings. The summed E-state index contributed by atoms with van der Waals surface area (Å²) in [5, 5.41) is 0.268. The molecular weight excluding hydrogens is 240 g/mol. The SMILES string of the molecule is NCC(c1cc(Cl)c2c(c1)OCO2)C(F)F. The Hall–Kier alpha value is -1.07. The molecule has 1 unspecified atom stereocenters. The molecule has 1 aliphatic heterocycles. The van der Waals surface area contributed by atoms with Crippen molar-refractivity contribution < 1.29 is 18.3 Å². The van der Waals surface area contributed by atoms with Crippen molar-refractivity contribution in [1.29, 1.82) is 0 Å². The van der Waals surface area contributed by atoms with Gasteiger partial charge in [-0.2, -0.15) is 0 Å². The average Bonchev–Trinajstić information content (AvgIpc) is 2.66. The average molecular weight is 250 g/mol. The Morgan fingerprint density at radius 3 is 2.75 bits per heavy atom. The summed E-state index contributed by atoms with van der Waals surface area (Å²) in [5.41, 5.74) is 5.67. The third kappa shape index (κ3) is 1.92. The second-order valence-electron chi connectivity index (χ2n) is 3.41. The van der Waals surface area contributed by atoms with Gasteiger partial charge in [-0.1, -0.05) is 11.6 Å². The normalized spacial score (nSPS) is 15.6. The van der Waals surface area contributed by atoms with Crippen LogP contribution in [0.1, 0.15) is 11.5 Å². The third-order valence-corrected chi connectivity index (χ3v) is 2.72. The number of ether oxygens (including phenoxy) is 2. The summed E-state index contributed by atoms with van der Waals surface area (Å²) in [6, 6.07) is 2.94. The first-order chi connectivity index (χ1) is 7.63. The van der Waals surface area contributed by atoms with Crippen LogP contribution in [0.25, 0.3) is 0 Å². The predicted molar refractivity (Wildman–Crippen MR) is 55.4 cm³/mol. The van der Waals surface area contributed by atoms with Crippen LogP contribution in [0.15, 0.2) is 12.1 Å². The fraction of sp³-hybridized carbons (Fsp3) is 0.400. The summed E-state index contributed by atoms with van der Waals surface area (Å²) in [4.78, 5) is 0. The summed E-state index contributed by atoms with van der Waals surface area (Å²) in [5.74, 6) is -0.246. The number of benzene rings is 1. The lowest BCUT2D eigenvalue weighted by Crippen LogP contribution is -2.19. The van der Waals surface area contributed by atoms with Gasteiger partial charge in [0.05, 0.1) is 10.9 Å². The molecule has 0 amide bonds. The molecule has 1 aromatic rings. The Bertz CT molecular complexity index is 401. The fourth-order valence-corrected chi connectivity index (χ4v) is 1.86. The van der Waals surface area contributed by atoms with E-state index in [-0.39, 0.29) is 18.4 Å². The van der Waals surface area contributed by atoms with Crippen LogP contribution in [0, 0.1) is 0 Å². The van der Waals surface area contributed by atoms with Gasteiger partial charge in [-0.15, -0.1) is 0 Å². The van der Waals surface area contributed by atoms with Crippen molar-refractivity contribution >= 4 is 11.6 Å². The smallest absolute Gasteiger partial charge is 0.246 e. The second-order valence-corrected chi connectivity index (χ2v) is 3.82. The van der Waals surface area contributed by atoms with Gasteiger partial charge < -0.3 is 15.2 Å². The maximum Gasteiger partial charge on any atom is 0.246 e. The Labute approximate surface area is 96.1 Å². The fourth-order valence-electron chi connectivity index (χ4n) is 1.59. The molecule has 0 aliphatic carbocycles. The van der Waals surface area contributed by atoms with Crippen molar-refractivity contribution in [2.45, 2.75) is 12.3 Å². The van der Waals surface area contributed by atoms with E-state index < -0.39 is 12.3 Å². The highest BCUT2D eigenvalue weighted by atomic mass is 35.5. The minimum Gasteiger partial charge on any atom is -0.454 e. The van der Waals surface area contributed by atoms with Gasteiger partial charge in [-0.3, -0.25) is 0 Å². The molecular formula is C10H10ClF2NO2. The van der Waals surface area contributed by atoms with Gasteiger partial charge in [0.25, 0.3) is 0 Å². The van der Waals surface area contributed by atoms with Crippen LogP contribution in [0.2, 0.25) is 5.02 Å². The van der Waals surface area contributed by atoms with E-state index in [1.807, 2.05) is 0 Å². The van der Waals surface area contributed by atoms with Crippen molar-refractivity contribution in [1.82, 2.24) is 0 Å². The highest BCUT2D eigenvalue weighted by molar-refractivity contribution is 6.32. The van der Waals surface area contributed by atoms with E-state index in [4.69, 9.17) is 26.8 Å². The molecule has 1 aromatic carbocycles. The van der Waals surface area contributed by atoms with Crippen molar-refractivity contribution in [2.75, 3.05) is 13.3 Å². The first-order valence-electron chi connectivity index (χ1n) is 4.70. The zero-order chi connectivity index (χ0) is 11.7. The summed E-state index contributed by atoms with van der Waals surface area (Å²) in [6.07, 6.45) is -2.53. The van der Waals surface area contributed by atoms with E-state index in [0.29, 0.717) is 17.1 Å². The molecule has 2 N–H and O–H groups in total. The van der Waals surface area contributed by atoms with Crippen LogP contribution in [0.4, 0.5) is 8.78 Å². The standard InChI is InChI=1S/C10H10ClF2NO2/c11-7-1-5(6(3-14)10(12)13)2-8-9(7)16-4-15-8/h1-2,6,10H,3-4,14H2. The molecule has 0 bridgehead atoms. The number of alkyl halides is 2. The molecule has 0 spiro atoms. The minimum atomic E-state index is -2.53. The van der Waals surface area contributed by atoms with Crippen LogP contribution in [-0.2, 0) is 0 Å². The second kappa shape index (κ2) is 4.43. The van der Waals surface area contributed by atoms with Gasteiger partial charge in [0.1, 0.15) is 0 Å². The maximum atomic E-state index is 12.7. The number of halogens is 3. The highest BCUT2D eigenvalue weighted by Gasteiger charge is 2.25.